The molecule has 28 heavy (non-hydrogen) atoms. The second-order valence-electron chi connectivity index (χ2n) is 6.25. The molecule has 3 aromatic rings. The first kappa shape index (κ1) is 20.3. The molecule has 0 aliphatic heterocycles. The van der Waals surface area contributed by atoms with E-state index in [1.54, 1.807) is 23.0 Å². The zero-order chi connectivity index (χ0) is 20.3. The summed E-state index contributed by atoms with van der Waals surface area (Å²) < 4.78 is 1.62. The Morgan fingerprint density at radius 2 is 1.89 bits per heavy atom. The van der Waals surface area contributed by atoms with Gasteiger partial charge in [0.2, 0.25) is 0 Å². The van der Waals surface area contributed by atoms with Gasteiger partial charge >= 0.3 is 0 Å². The van der Waals surface area contributed by atoms with E-state index in [-0.39, 0.29) is 0 Å². The Morgan fingerprint density at radius 1 is 1.14 bits per heavy atom. The maximum Gasteiger partial charge on any atom is 0.191 e. The summed E-state index contributed by atoms with van der Waals surface area (Å²) in [5.41, 5.74) is 8.29. The second-order valence-corrected chi connectivity index (χ2v) is 7.46. The smallest absolute Gasteiger partial charge is 0.191 e. The number of hydrogen-bond donors (Lipinski definition) is 2. The second kappa shape index (κ2) is 8.73. The van der Waals surface area contributed by atoms with Crippen molar-refractivity contribution < 1.29 is 0 Å². The van der Waals surface area contributed by atoms with Gasteiger partial charge in [-0.3, -0.25) is 5.43 Å². The molecule has 3 rings (SSSR count). The number of aromatic nitrogens is 2. The van der Waals surface area contributed by atoms with Gasteiger partial charge in [-0.15, -0.1) is 0 Å². The van der Waals surface area contributed by atoms with Gasteiger partial charge in [0.25, 0.3) is 0 Å². The summed E-state index contributed by atoms with van der Waals surface area (Å²) in [7, 11) is 0. The fourth-order valence-electron chi connectivity index (χ4n) is 2.63. The third kappa shape index (κ3) is 4.52. The van der Waals surface area contributed by atoms with Crippen LogP contribution >= 0.6 is 35.4 Å². The molecule has 0 bridgehead atoms. The van der Waals surface area contributed by atoms with Crippen LogP contribution in [0.3, 0.4) is 0 Å². The van der Waals surface area contributed by atoms with Crippen LogP contribution in [0, 0.1) is 20.8 Å². The van der Waals surface area contributed by atoms with Crippen LogP contribution in [-0.2, 0) is 0 Å². The van der Waals surface area contributed by atoms with Gasteiger partial charge in [-0.2, -0.15) is 10.2 Å². The number of hydrazone groups is 1. The fourth-order valence-corrected chi connectivity index (χ4v) is 3.30. The zero-order valence-electron chi connectivity index (χ0n) is 15.6. The molecule has 2 aromatic carbocycles. The zero-order valence-corrected chi connectivity index (χ0v) is 18.0. The summed E-state index contributed by atoms with van der Waals surface area (Å²) in [6.07, 6.45) is 1.60. The lowest BCUT2D eigenvalue weighted by Gasteiger charge is -2.11. The van der Waals surface area contributed by atoms with Gasteiger partial charge in [0.05, 0.1) is 23.2 Å². The highest BCUT2D eigenvalue weighted by Crippen LogP contribution is 2.23. The van der Waals surface area contributed by atoms with Crippen LogP contribution in [0.15, 0.2) is 47.6 Å². The molecule has 0 atom stereocenters. The molecule has 0 spiro atoms. The lowest BCUT2D eigenvalue weighted by Crippen LogP contribution is -2.24. The Kier molecular flexibility index (Phi) is 6.34. The normalized spacial score (nSPS) is 11.0. The number of aryl methyl sites for hydroxylation is 2. The molecule has 0 amide bonds. The van der Waals surface area contributed by atoms with Gasteiger partial charge < -0.3 is 5.32 Å². The highest BCUT2D eigenvalue weighted by atomic mass is 35.5. The number of thiocarbonyl (C=S) groups is 1. The van der Waals surface area contributed by atoms with Crippen molar-refractivity contribution in [2.24, 2.45) is 5.10 Å². The van der Waals surface area contributed by atoms with Crippen LogP contribution in [-0.4, -0.2) is 21.1 Å². The molecular weight excluding hydrogens is 413 g/mol. The molecule has 8 heteroatoms. The minimum atomic E-state index is 0.390. The lowest BCUT2D eigenvalue weighted by atomic mass is 10.1. The van der Waals surface area contributed by atoms with E-state index >= 15 is 0 Å². The standard InChI is InChI=1S/C20H19Cl2N5S/c1-12-6-4-9-18(13(12)2)24-20(28)25-23-11-17-14(3)26-27(19(17)22)16-8-5-7-15(21)10-16/h4-11H,1-3H3,(H2,24,25,28). The van der Waals surface area contributed by atoms with E-state index in [9.17, 15) is 0 Å². The van der Waals surface area contributed by atoms with Crippen LogP contribution in [0.2, 0.25) is 10.2 Å². The molecule has 1 heterocycles. The number of nitrogens with zero attached hydrogens (tertiary/aromatic N) is 3. The van der Waals surface area contributed by atoms with Gasteiger partial charge in [-0.1, -0.05) is 41.4 Å². The number of hydrogen-bond acceptors (Lipinski definition) is 3. The molecule has 0 aliphatic rings. The highest BCUT2D eigenvalue weighted by molar-refractivity contribution is 7.80. The Labute approximate surface area is 179 Å². The van der Waals surface area contributed by atoms with Gasteiger partial charge in [-0.05, 0) is 68.4 Å². The summed E-state index contributed by atoms with van der Waals surface area (Å²) in [4.78, 5) is 0. The number of benzene rings is 2. The predicted octanol–water partition coefficient (Wildman–Crippen LogP) is 5.42. The van der Waals surface area contributed by atoms with E-state index in [0.717, 1.165) is 22.6 Å². The summed E-state index contributed by atoms with van der Waals surface area (Å²) in [6.45, 7) is 5.95. The average molecular weight is 432 g/mol. The number of nitrogens with one attached hydrogen (secondary N) is 2. The lowest BCUT2D eigenvalue weighted by molar-refractivity contribution is 0.863. The van der Waals surface area contributed by atoms with E-state index in [2.05, 4.69) is 33.9 Å². The van der Waals surface area contributed by atoms with Crippen molar-refractivity contribution >= 4 is 52.4 Å². The first-order valence-corrected chi connectivity index (χ1v) is 9.70. The Bertz CT molecular complexity index is 1060. The van der Waals surface area contributed by atoms with Crippen molar-refractivity contribution in [1.29, 1.82) is 0 Å². The van der Waals surface area contributed by atoms with Gasteiger partial charge in [-0.25, -0.2) is 4.68 Å². The van der Waals surface area contributed by atoms with Gasteiger partial charge in [0.1, 0.15) is 5.15 Å². The number of anilines is 1. The van der Waals surface area contributed by atoms with E-state index < -0.39 is 0 Å². The quantitative estimate of drug-likeness (QED) is 0.328. The molecule has 0 fully saturated rings. The molecule has 2 N–H and O–H groups in total. The van der Waals surface area contributed by atoms with E-state index in [4.69, 9.17) is 35.4 Å². The number of rotatable bonds is 4. The van der Waals surface area contributed by atoms with Crippen molar-refractivity contribution in [2.75, 3.05) is 5.32 Å². The van der Waals surface area contributed by atoms with Crippen molar-refractivity contribution in [1.82, 2.24) is 15.2 Å². The fraction of sp³-hybridized carbons (Fsp3) is 0.150. The van der Waals surface area contributed by atoms with Crippen LogP contribution in [0.25, 0.3) is 5.69 Å². The molecule has 0 saturated heterocycles. The first-order valence-electron chi connectivity index (χ1n) is 8.54. The molecular formula is C20H19Cl2N5S. The summed E-state index contributed by atoms with van der Waals surface area (Å²) in [5, 5.41) is 13.2. The molecule has 144 valence electrons. The molecule has 0 aliphatic carbocycles. The predicted molar refractivity (Wildman–Crippen MR) is 121 cm³/mol. The largest absolute Gasteiger partial charge is 0.331 e. The molecule has 0 saturated carbocycles. The minimum absolute atomic E-state index is 0.390. The monoisotopic (exact) mass is 431 g/mol. The third-order valence-electron chi connectivity index (χ3n) is 4.31. The van der Waals surface area contributed by atoms with Crippen LogP contribution < -0.4 is 10.7 Å². The maximum absolute atomic E-state index is 6.49. The number of halogens is 2. The molecule has 1 aromatic heterocycles. The third-order valence-corrected chi connectivity index (χ3v) is 5.11. The van der Waals surface area contributed by atoms with E-state index in [1.807, 2.05) is 38.1 Å². The van der Waals surface area contributed by atoms with Crippen LogP contribution in [0.5, 0.6) is 0 Å². The van der Waals surface area contributed by atoms with Crippen LogP contribution in [0.4, 0.5) is 5.69 Å². The molecule has 0 radical (unpaired) electrons. The molecule has 0 unspecified atom stereocenters. The highest BCUT2D eigenvalue weighted by Gasteiger charge is 2.13. The van der Waals surface area contributed by atoms with E-state index in [1.165, 1.54) is 5.56 Å². The first-order chi connectivity index (χ1) is 13.4. The Balaban J connectivity index is 1.72. The van der Waals surface area contributed by atoms with E-state index in [0.29, 0.717) is 20.9 Å². The van der Waals surface area contributed by atoms with Crippen molar-refractivity contribution in [3.63, 3.8) is 0 Å². The minimum Gasteiger partial charge on any atom is -0.331 e. The Morgan fingerprint density at radius 3 is 2.64 bits per heavy atom. The summed E-state index contributed by atoms with van der Waals surface area (Å²) in [5.74, 6) is 0. The van der Waals surface area contributed by atoms with Gasteiger partial charge in [0.15, 0.2) is 5.11 Å². The summed E-state index contributed by atoms with van der Waals surface area (Å²) in [6, 6.07) is 13.3. The van der Waals surface area contributed by atoms with Crippen LogP contribution in [0.1, 0.15) is 22.4 Å². The van der Waals surface area contributed by atoms with Gasteiger partial charge in [0, 0.05) is 10.7 Å². The Hall–Kier alpha value is -2.41. The SMILES string of the molecule is Cc1cccc(NC(=S)NN=Cc2c(C)nn(-c3cccc(Cl)c3)c2Cl)c1C. The van der Waals surface area contributed by atoms with Crippen molar-refractivity contribution in [3.05, 3.63) is 75.0 Å². The van der Waals surface area contributed by atoms with Crippen molar-refractivity contribution in [3.8, 4) is 5.69 Å². The topological polar surface area (TPSA) is 54.2 Å². The van der Waals surface area contributed by atoms with Crippen molar-refractivity contribution in [2.45, 2.75) is 20.8 Å². The summed E-state index contributed by atoms with van der Waals surface area (Å²) >= 11 is 17.9. The maximum atomic E-state index is 6.49. The molecule has 5 nitrogen and oxygen atoms in total. The average Bonchev–Trinajstić information content (AvgIpc) is 2.94.